The molecule has 0 bridgehead atoms. The highest BCUT2D eigenvalue weighted by molar-refractivity contribution is 7.86. The van der Waals surface area contributed by atoms with Crippen molar-refractivity contribution in [3.8, 4) is 0 Å². The molecule has 2 aliphatic rings. The van der Waals surface area contributed by atoms with Crippen molar-refractivity contribution in [2.24, 2.45) is 17.0 Å². The molecule has 76 valence electrons. The summed E-state index contributed by atoms with van der Waals surface area (Å²) in [5.74, 6) is 0.895. The summed E-state index contributed by atoms with van der Waals surface area (Å²) < 4.78 is 23.7. The van der Waals surface area contributed by atoms with Gasteiger partial charge in [-0.25, -0.2) is 5.14 Å². The van der Waals surface area contributed by atoms with Crippen molar-refractivity contribution >= 4 is 10.2 Å². The summed E-state index contributed by atoms with van der Waals surface area (Å²) in [6, 6.07) is 0.0509. The van der Waals surface area contributed by atoms with Gasteiger partial charge in [-0.1, -0.05) is 0 Å². The smallest absolute Gasteiger partial charge is 0.277 e. The highest BCUT2D eigenvalue weighted by atomic mass is 32.2. The average molecular weight is 205 g/mol. The van der Waals surface area contributed by atoms with E-state index in [1.807, 2.05) is 6.92 Å². The molecule has 13 heavy (non-hydrogen) atoms. The fraction of sp³-hybridized carbons (Fsp3) is 1.00. The predicted molar refractivity (Wildman–Crippen MR) is 49.1 cm³/mol. The zero-order valence-corrected chi connectivity index (χ0v) is 8.42. The normalized spacial score (nSPS) is 40.9. The zero-order chi connectivity index (χ0) is 9.64. The molecule has 0 aromatic rings. The van der Waals surface area contributed by atoms with E-state index in [-0.39, 0.29) is 6.04 Å². The molecule has 0 aliphatic carbocycles. The lowest BCUT2D eigenvalue weighted by Crippen LogP contribution is -2.41. The molecule has 2 rings (SSSR count). The maximum atomic E-state index is 11.2. The lowest BCUT2D eigenvalue weighted by molar-refractivity contribution is 0.361. The van der Waals surface area contributed by atoms with E-state index in [4.69, 9.17) is 5.14 Å². The SMILES string of the molecule is CC1C2CNCC2CN1S(N)(=O)=O. The summed E-state index contributed by atoms with van der Waals surface area (Å²) in [5.41, 5.74) is 0. The number of hydrogen-bond donors (Lipinski definition) is 2. The van der Waals surface area contributed by atoms with Gasteiger partial charge in [-0.05, 0) is 31.8 Å². The minimum atomic E-state index is -3.49. The molecule has 3 atom stereocenters. The molecule has 3 N–H and O–H groups in total. The third kappa shape index (κ3) is 1.48. The maximum Gasteiger partial charge on any atom is 0.277 e. The summed E-state index contributed by atoms with van der Waals surface area (Å²) in [7, 11) is -3.49. The van der Waals surface area contributed by atoms with Gasteiger partial charge in [0.05, 0.1) is 0 Å². The minimum absolute atomic E-state index is 0.0509. The highest BCUT2D eigenvalue weighted by Crippen LogP contribution is 2.32. The van der Waals surface area contributed by atoms with E-state index < -0.39 is 10.2 Å². The molecule has 0 aromatic heterocycles. The molecule has 0 radical (unpaired) electrons. The first-order valence-electron chi connectivity index (χ1n) is 4.50. The van der Waals surface area contributed by atoms with Gasteiger partial charge < -0.3 is 5.32 Å². The van der Waals surface area contributed by atoms with Crippen molar-refractivity contribution in [2.45, 2.75) is 13.0 Å². The molecule has 0 aromatic carbocycles. The van der Waals surface area contributed by atoms with Crippen molar-refractivity contribution < 1.29 is 8.42 Å². The summed E-state index contributed by atoms with van der Waals surface area (Å²) in [5, 5.41) is 8.38. The van der Waals surface area contributed by atoms with Gasteiger partial charge in [-0.3, -0.25) is 0 Å². The summed E-state index contributed by atoms with van der Waals surface area (Å²) in [4.78, 5) is 0. The first-order chi connectivity index (χ1) is 6.00. The standard InChI is InChI=1S/C7H15N3O2S/c1-5-7-3-9-2-6(7)4-10(5)13(8,11)12/h5-7,9H,2-4H2,1H3,(H2,8,11,12). The van der Waals surface area contributed by atoms with Crippen LogP contribution in [-0.2, 0) is 10.2 Å². The monoisotopic (exact) mass is 205 g/mol. The van der Waals surface area contributed by atoms with Crippen LogP contribution in [0.15, 0.2) is 0 Å². The number of rotatable bonds is 1. The van der Waals surface area contributed by atoms with Crippen LogP contribution in [0.5, 0.6) is 0 Å². The van der Waals surface area contributed by atoms with Gasteiger partial charge >= 0.3 is 0 Å². The molecule has 0 spiro atoms. The van der Waals surface area contributed by atoms with Crippen LogP contribution in [0, 0.1) is 11.8 Å². The third-order valence-corrected chi connectivity index (χ3v) is 4.34. The Bertz CT molecular complexity index is 303. The van der Waals surface area contributed by atoms with Crippen molar-refractivity contribution in [1.29, 1.82) is 0 Å². The molecule has 2 heterocycles. The number of nitrogens with two attached hydrogens (primary N) is 1. The van der Waals surface area contributed by atoms with Gasteiger partial charge in [0.2, 0.25) is 0 Å². The van der Waals surface area contributed by atoms with Gasteiger partial charge in [0.25, 0.3) is 10.2 Å². The second-order valence-electron chi connectivity index (χ2n) is 3.94. The molecule has 0 saturated carbocycles. The number of hydrogen-bond acceptors (Lipinski definition) is 3. The fourth-order valence-electron chi connectivity index (χ4n) is 2.46. The Balaban J connectivity index is 2.20. The van der Waals surface area contributed by atoms with Gasteiger partial charge in [0.1, 0.15) is 0 Å². The van der Waals surface area contributed by atoms with Gasteiger partial charge in [-0.15, -0.1) is 0 Å². The van der Waals surface area contributed by atoms with Crippen LogP contribution in [0.2, 0.25) is 0 Å². The van der Waals surface area contributed by atoms with Crippen molar-refractivity contribution in [2.75, 3.05) is 19.6 Å². The Kier molecular flexibility index (Phi) is 2.10. The third-order valence-electron chi connectivity index (χ3n) is 3.21. The Morgan fingerprint density at radius 2 is 2.15 bits per heavy atom. The minimum Gasteiger partial charge on any atom is -0.316 e. The van der Waals surface area contributed by atoms with Crippen LogP contribution in [0.4, 0.5) is 0 Å². The molecular formula is C7H15N3O2S. The molecule has 2 aliphatic heterocycles. The quantitative estimate of drug-likeness (QED) is 0.560. The van der Waals surface area contributed by atoms with Crippen LogP contribution in [0.25, 0.3) is 0 Å². The molecule has 3 unspecified atom stereocenters. The first kappa shape index (κ1) is 9.39. The lowest BCUT2D eigenvalue weighted by Gasteiger charge is -2.20. The molecule has 2 fully saturated rings. The van der Waals surface area contributed by atoms with E-state index in [0.717, 1.165) is 13.1 Å². The van der Waals surface area contributed by atoms with Crippen molar-refractivity contribution in [3.05, 3.63) is 0 Å². The second kappa shape index (κ2) is 2.91. The Morgan fingerprint density at radius 3 is 2.69 bits per heavy atom. The summed E-state index contributed by atoms with van der Waals surface area (Å²) in [6.07, 6.45) is 0. The number of nitrogens with one attached hydrogen (secondary N) is 1. The second-order valence-corrected chi connectivity index (χ2v) is 5.44. The molecule has 5 nitrogen and oxygen atoms in total. The van der Waals surface area contributed by atoms with E-state index in [0.29, 0.717) is 18.4 Å². The summed E-state index contributed by atoms with van der Waals surface area (Å²) in [6.45, 7) is 4.35. The van der Waals surface area contributed by atoms with Crippen molar-refractivity contribution in [3.63, 3.8) is 0 Å². The zero-order valence-electron chi connectivity index (χ0n) is 7.60. The topological polar surface area (TPSA) is 75.4 Å². The van der Waals surface area contributed by atoms with E-state index >= 15 is 0 Å². The van der Waals surface area contributed by atoms with Crippen LogP contribution < -0.4 is 10.5 Å². The van der Waals surface area contributed by atoms with E-state index in [9.17, 15) is 8.42 Å². The Labute approximate surface area is 78.5 Å². The van der Waals surface area contributed by atoms with E-state index in [1.165, 1.54) is 4.31 Å². The number of fused-ring (bicyclic) bond motifs is 1. The Morgan fingerprint density at radius 1 is 1.46 bits per heavy atom. The van der Waals surface area contributed by atoms with Gasteiger partial charge in [0.15, 0.2) is 0 Å². The van der Waals surface area contributed by atoms with Gasteiger partial charge in [0, 0.05) is 12.6 Å². The first-order valence-corrected chi connectivity index (χ1v) is 6.01. The average Bonchev–Trinajstić information content (AvgIpc) is 2.51. The van der Waals surface area contributed by atoms with Crippen LogP contribution in [-0.4, -0.2) is 38.4 Å². The molecular weight excluding hydrogens is 190 g/mol. The van der Waals surface area contributed by atoms with Crippen molar-refractivity contribution in [1.82, 2.24) is 9.62 Å². The maximum absolute atomic E-state index is 11.2. The van der Waals surface area contributed by atoms with E-state index in [1.54, 1.807) is 0 Å². The molecule has 2 saturated heterocycles. The van der Waals surface area contributed by atoms with Crippen LogP contribution in [0.1, 0.15) is 6.92 Å². The lowest BCUT2D eigenvalue weighted by atomic mass is 9.95. The highest BCUT2D eigenvalue weighted by Gasteiger charge is 2.45. The Hall–Kier alpha value is -0.170. The fourth-order valence-corrected chi connectivity index (χ4v) is 3.48. The van der Waals surface area contributed by atoms with Gasteiger partial charge in [-0.2, -0.15) is 12.7 Å². The molecule has 6 heteroatoms. The largest absolute Gasteiger partial charge is 0.316 e. The predicted octanol–water partition coefficient (Wildman–Crippen LogP) is -1.27. The van der Waals surface area contributed by atoms with Crippen LogP contribution in [0.3, 0.4) is 0 Å². The van der Waals surface area contributed by atoms with Crippen LogP contribution >= 0.6 is 0 Å². The molecule has 0 amide bonds. The number of nitrogens with zero attached hydrogens (tertiary/aromatic N) is 1. The van der Waals surface area contributed by atoms with E-state index in [2.05, 4.69) is 5.32 Å². The summed E-state index contributed by atoms with van der Waals surface area (Å²) >= 11 is 0.